The Kier molecular flexibility index (Phi) is 5.79. The predicted octanol–water partition coefficient (Wildman–Crippen LogP) is 2.58. The molecule has 7 heteroatoms. The maximum Gasteiger partial charge on any atom is 0.248 e. The highest BCUT2D eigenvalue weighted by molar-refractivity contribution is 9.10. The van der Waals surface area contributed by atoms with Crippen molar-refractivity contribution in [2.75, 3.05) is 7.11 Å². The number of ether oxygens (including phenoxy) is 1. The van der Waals surface area contributed by atoms with Gasteiger partial charge in [0, 0.05) is 4.88 Å². The minimum atomic E-state index is -1.20. The smallest absolute Gasteiger partial charge is 0.248 e. The van der Waals surface area contributed by atoms with E-state index in [9.17, 15) is 9.59 Å². The van der Waals surface area contributed by atoms with Crippen LogP contribution in [0.1, 0.15) is 16.9 Å². The molecule has 1 aromatic heterocycles. The highest BCUT2D eigenvalue weighted by atomic mass is 79.9. The number of amides is 2. The van der Waals surface area contributed by atoms with Crippen LogP contribution >= 0.6 is 27.3 Å². The van der Waals surface area contributed by atoms with E-state index in [1.165, 1.54) is 11.3 Å². The van der Waals surface area contributed by atoms with E-state index in [1.54, 1.807) is 13.2 Å². The van der Waals surface area contributed by atoms with Crippen molar-refractivity contribution in [3.63, 3.8) is 0 Å². The Bertz CT molecular complexity index is 691. The Morgan fingerprint density at radius 2 is 2.26 bits per heavy atom. The van der Waals surface area contributed by atoms with Crippen molar-refractivity contribution in [1.82, 2.24) is 5.32 Å². The predicted molar refractivity (Wildman–Crippen MR) is 93.4 cm³/mol. The summed E-state index contributed by atoms with van der Waals surface area (Å²) in [6.45, 7) is 0. The van der Waals surface area contributed by atoms with Crippen molar-refractivity contribution in [2.45, 2.75) is 18.4 Å². The van der Waals surface area contributed by atoms with Crippen molar-refractivity contribution in [3.8, 4) is 5.75 Å². The number of nitrogens with two attached hydrogens (primary N) is 1. The van der Waals surface area contributed by atoms with E-state index < -0.39 is 11.4 Å². The molecule has 2 amide bonds. The van der Waals surface area contributed by atoms with Gasteiger partial charge in [-0.25, -0.2) is 0 Å². The third-order valence-electron chi connectivity index (χ3n) is 3.67. The first-order valence-corrected chi connectivity index (χ1v) is 8.58. The fraction of sp³-hybridized carbons (Fsp3) is 0.250. The summed E-state index contributed by atoms with van der Waals surface area (Å²) in [5.41, 5.74) is 5.40. The molecule has 0 saturated heterocycles. The number of hydrogen-bond donors (Lipinski definition) is 2. The van der Waals surface area contributed by atoms with E-state index in [0.717, 1.165) is 14.9 Å². The summed E-state index contributed by atoms with van der Waals surface area (Å²) < 4.78 is 6.13. The monoisotopic (exact) mass is 396 g/mol. The molecule has 2 aromatic rings. The second-order valence-electron chi connectivity index (χ2n) is 4.98. The van der Waals surface area contributed by atoms with Gasteiger partial charge in [0.2, 0.25) is 12.3 Å². The molecule has 23 heavy (non-hydrogen) atoms. The largest absolute Gasteiger partial charge is 0.496 e. The Labute approximate surface area is 147 Å². The number of thiophene rings is 1. The molecular weight excluding hydrogens is 380 g/mol. The van der Waals surface area contributed by atoms with Crippen LogP contribution in [-0.2, 0) is 21.5 Å². The Balaban J connectivity index is 2.28. The van der Waals surface area contributed by atoms with E-state index in [-0.39, 0.29) is 0 Å². The summed E-state index contributed by atoms with van der Waals surface area (Å²) in [4.78, 5) is 23.8. The van der Waals surface area contributed by atoms with Crippen LogP contribution in [-0.4, -0.2) is 19.4 Å². The molecule has 0 aliphatic carbocycles. The highest BCUT2D eigenvalue weighted by Crippen LogP contribution is 2.32. The Morgan fingerprint density at radius 3 is 2.83 bits per heavy atom. The maximum absolute atomic E-state index is 12.1. The number of primary amides is 1. The van der Waals surface area contributed by atoms with E-state index >= 15 is 0 Å². The van der Waals surface area contributed by atoms with Gasteiger partial charge < -0.3 is 15.8 Å². The standard InChI is InChI=1S/C16H17BrN2O3S/c1-22-13-9-11(4-5-12(13)17)6-7-16(15(18)21,19-10-20)14-3-2-8-23-14/h2-5,8-10H,6-7H2,1H3,(H2,18,21)(H,19,20). The van der Waals surface area contributed by atoms with Gasteiger partial charge in [0.1, 0.15) is 5.75 Å². The lowest BCUT2D eigenvalue weighted by atomic mass is 9.89. The first kappa shape index (κ1) is 17.5. The normalized spacial score (nSPS) is 13.1. The minimum Gasteiger partial charge on any atom is -0.496 e. The average molecular weight is 397 g/mol. The zero-order valence-corrected chi connectivity index (χ0v) is 14.9. The minimum absolute atomic E-state index is 0.367. The third-order valence-corrected chi connectivity index (χ3v) is 5.36. The molecule has 1 aromatic carbocycles. The molecule has 1 unspecified atom stereocenters. The van der Waals surface area contributed by atoms with Crippen molar-refractivity contribution < 1.29 is 14.3 Å². The molecule has 0 radical (unpaired) electrons. The number of carbonyl (C=O) groups excluding carboxylic acids is 2. The van der Waals surface area contributed by atoms with E-state index in [4.69, 9.17) is 10.5 Å². The molecule has 1 heterocycles. The van der Waals surface area contributed by atoms with Crippen LogP contribution in [0, 0.1) is 0 Å². The van der Waals surface area contributed by atoms with Gasteiger partial charge in [-0.1, -0.05) is 12.1 Å². The molecule has 122 valence electrons. The first-order chi connectivity index (χ1) is 11.0. The number of carbonyl (C=O) groups is 2. The van der Waals surface area contributed by atoms with Crippen LogP contribution in [0.25, 0.3) is 0 Å². The molecule has 0 saturated carbocycles. The molecule has 0 aliphatic heterocycles. The molecule has 5 nitrogen and oxygen atoms in total. The molecular formula is C16H17BrN2O3S. The van der Waals surface area contributed by atoms with Crippen molar-refractivity contribution in [2.24, 2.45) is 5.73 Å². The van der Waals surface area contributed by atoms with Gasteiger partial charge in [-0.15, -0.1) is 11.3 Å². The van der Waals surface area contributed by atoms with Gasteiger partial charge in [-0.05, 0) is 57.9 Å². The fourth-order valence-electron chi connectivity index (χ4n) is 2.40. The summed E-state index contributed by atoms with van der Waals surface area (Å²) in [5, 5.41) is 4.47. The zero-order chi connectivity index (χ0) is 16.9. The van der Waals surface area contributed by atoms with Crippen molar-refractivity contribution in [3.05, 3.63) is 50.6 Å². The number of rotatable bonds is 8. The van der Waals surface area contributed by atoms with Crippen LogP contribution in [0.2, 0.25) is 0 Å². The quantitative estimate of drug-likeness (QED) is 0.672. The number of hydrogen-bond acceptors (Lipinski definition) is 4. The van der Waals surface area contributed by atoms with E-state index in [1.807, 2.05) is 29.6 Å². The summed E-state index contributed by atoms with van der Waals surface area (Å²) in [5.74, 6) is 0.141. The fourth-order valence-corrected chi connectivity index (χ4v) is 3.73. The van der Waals surface area contributed by atoms with Gasteiger partial charge in [0.15, 0.2) is 5.54 Å². The summed E-state index contributed by atoms with van der Waals surface area (Å²) in [6.07, 6.45) is 1.45. The van der Waals surface area contributed by atoms with Gasteiger partial charge >= 0.3 is 0 Å². The van der Waals surface area contributed by atoms with Gasteiger partial charge in [0.05, 0.1) is 11.6 Å². The van der Waals surface area contributed by atoms with Gasteiger partial charge in [-0.2, -0.15) is 0 Å². The van der Waals surface area contributed by atoms with Crippen molar-refractivity contribution >= 4 is 39.6 Å². The third kappa shape index (κ3) is 3.73. The molecule has 0 bridgehead atoms. The lowest BCUT2D eigenvalue weighted by molar-refractivity contribution is -0.128. The SMILES string of the molecule is COc1cc(CCC(NC=O)(C(N)=O)c2cccs2)ccc1Br. The molecule has 3 N–H and O–H groups in total. The second kappa shape index (κ2) is 7.61. The lowest BCUT2D eigenvalue weighted by Crippen LogP contribution is -2.52. The summed E-state index contributed by atoms with van der Waals surface area (Å²) >= 11 is 4.79. The second-order valence-corrected chi connectivity index (χ2v) is 6.78. The molecule has 2 rings (SSSR count). The highest BCUT2D eigenvalue weighted by Gasteiger charge is 2.38. The number of aryl methyl sites for hydroxylation is 1. The van der Waals surface area contributed by atoms with Crippen LogP contribution < -0.4 is 15.8 Å². The summed E-state index contributed by atoms with van der Waals surface area (Å²) in [6, 6.07) is 9.35. The van der Waals surface area contributed by atoms with Crippen LogP contribution in [0.15, 0.2) is 40.2 Å². The average Bonchev–Trinajstić information content (AvgIpc) is 3.07. The Morgan fingerprint density at radius 1 is 1.48 bits per heavy atom. The van der Waals surface area contributed by atoms with Crippen molar-refractivity contribution in [1.29, 1.82) is 0 Å². The van der Waals surface area contributed by atoms with Gasteiger partial charge in [-0.3, -0.25) is 9.59 Å². The number of nitrogens with one attached hydrogen (secondary N) is 1. The zero-order valence-electron chi connectivity index (χ0n) is 12.5. The molecule has 0 spiro atoms. The first-order valence-electron chi connectivity index (χ1n) is 6.91. The van der Waals surface area contributed by atoms with Crippen LogP contribution in [0.5, 0.6) is 5.75 Å². The molecule has 0 fully saturated rings. The number of benzene rings is 1. The van der Waals surface area contributed by atoms with Crippen LogP contribution in [0.4, 0.5) is 0 Å². The summed E-state index contributed by atoms with van der Waals surface area (Å²) in [7, 11) is 1.59. The van der Waals surface area contributed by atoms with Gasteiger partial charge in [0.25, 0.3) is 0 Å². The van der Waals surface area contributed by atoms with E-state index in [2.05, 4.69) is 21.2 Å². The topological polar surface area (TPSA) is 81.4 Å². The van der Waals surface area contributed by atoms with E-state index in [0.29, 0.717) is 25.0 Å². The van der Waals surface area contributed by atoms with Crippen LogP contribution in [0.3, 0.4) is 0 Å². The lowest BCUT2D eigenvalue weighted by Gasteiger charge is -2.29. The molecule has 0 aliphatic rings. The number of halogens is 1. The Hall–Kier alpha value is -1.86. The molecule has 1 atom stereocenters. The maximum atomic E-state index is 12.1. The number of methoxy groups -OCH3 is 1.